The van der Waals surface area contributed by atoms with Gasteiger partial charge in [0.15, 0.2) is 5.41 Å². The maximum Gasteiger partial charge on any atom is 0.327 e. The third-order valence-electron chi connectivity index (χ3n) is 4.16. The Morgan fingerprint density at radius 2 is 1.71 bits per heavy atom. The number of Topliss-reactive ketones (excluding diaryl/α,β-unsaturated/α-hetero) is 1. The number of allylic oxidation sites excluding steroid dienone is 1. The van der Waals surface area contributed by atoms with Crippen molar-refractivity contribution in [3.05, 3.63) is 48.6 Å². The molecule has 0 bridgehead atoms. The van der Waals surface area contributed by atoms with E-state index in [4.69, 9.17) is 9.47 Å². The van der Waals surface area contributed by atoms with Gasteiger partial charge in [-0.3, -0.25) is 9.59 Å². The molecule has 1 atom stereocenters. The molecule has 0 aromatic heterocycles. The van der Waals surface area contributed by atoms with E-state index in [1.807, 2.05) is 6.07 Å². The van der Waals surface area contributed by atoms with Gasteiger partial charge in [0.1, 0.15) is 5.78 Å². The second-order valence-corrected chi connectivity index (χ2v) is 6.51. The van der Waals surface area contributed by atoms with Crippen molar-refractivity contribution in [2.24, 2.45) is 5.41 Å². The molecule has 1 heterocycles. The van der Waals surface area contributed by atoms with Gasteiger partial charge < -0.3 is 14.3 Å². The first-order valence-corrected chi connectivity index (χ1v) is 7.85. The Labute approximate surface area is 141 Å². The van der Waals surface area contributed by atoms with Gasteiger partial charge >= 0.3 is 11.9 Å². The highest BCUT2D eigenvalue weighted by molar-refractivity contribution is 6.03. The highest BCUT2D eigenvalue weighted by Crippen LogP contribution is 2.48. The van der Waals surface area contributed by atoms with Crippen LogP contribution in [0, 0.1) is 5.41 Å². The second kappa shape index (κ2) is 6.59. The first-order chi connectivity index (χ1) is 11.2. The number of hydrogen-bond donors (Lipinski definition) is 0. The lowest BCUT2D eigenvalue weighted by molar-refractivity contribution is -0.252. The summed E-state index contributed by atoms with van der Waals surface area (Å²) >= 11 is 0. The third-order valence-corrected chi connectivity index (χ3v) is 4.16. The van der Waals surface area contributed by atoms with E-state index in [9.17, 15) is 14.4 Å². The highest BCUT2D eigenvalue weighted by atomic mass is 16.7. The van der Waals surface area contributed by atoms with E-state index in [1.54, 1.807) is 24.3 Å². The van der Waals surface area contributed by atoms with Gasteiger partial charge in [-0.2, -0.15) is 0 Å². The summed E-state index contributed by atoms with van der Waals surface area (Å²) in [5.74, 6) is -3.49. The maximum atomic E-state index is 12.8. The Morgan fingerprint density at radius 1 is 1.17 bits per heavy atom. The number of ketones is 1. The first kappa shape index (κ1) is 17.9. The first-order valence-electron chi connectivity index (χ1n) is 7.85. The molecule has 128 valence electrons. The SMILES string of the molecule is C=CCC1(C(CC(C)=O)c2ccccc2)C(=O)OC(C)(C)OC1=O. The topological polar surface area (TPSA) is 69.7 Å². The Hall–Kier alpha value is -2.43. The van der Waals surface area contributed by atoms with E-state index in [0.29, 0.717) is 5.56 Å². The fourth-order valence-corrected chi connectivity index (χ4v) is 3.10. The average molecular weight is 330 g/mol. The van der Waals surface area contributed by atoms with E-state index < -0.39 is 29.1 Å². The predicted molar refractivity (Wildman–Crippen MR) is 88.0 cm³/mol. The van der Waals surface area contributed by atoms with Gasteiger partial charge in [0.25, 0.3) is 5.79 Å². The summed E-state index contributed by atoms with van der Waals surface area (Å²) in [4.78, 5) is 37.5. The van der Waals surface area contributed by atoms with Crippen LogP contribution in [-0.2, 0) is 23.9 Å². The van der Waals surface area contributed by atoms with Crippen LogP contribution < -0.4 is 0 Å². The molecule has 5 heteroatoms. The van der Waals surface area contributed by atoms with Crippen LogP contribution in [0.25, 0.3) is 0 Å². The van der Waals surface area contributed by atoms with Crippen molar-refractivity contribution in [3.8, 4) is 0 Å². The van der Waals surface area contributed by atoms with Crippen LogP contribution in [0.2, 0.25) is 0 Å². The van der Waals surface area contributed by atoms with Gasteiger partial charge in [-0.15, -0.1) is 6.58 Å². The quantitative estimate of drug-likeness (QED) is 0.455. The van der Waals surface area contributed by atoms with Gasteiger partial charge in [-0.05, 0) is 18.9 Å². The van der Waals surface area contributed by atoms with Crippen molar-refractivity contribution in [1.82, 2.24) is 0 Å². The van der Waals surface area contributed by atoms with Crippen molar-refractivity contribution in [3.63, 3.8) is 0 Å². The molecule has 0 amide bonds. The van der Waals surface area contributed by atoms with E-state index in [0.717, 1.165) is 0 Å². The largest absolute Gasteiger partial charge is 0.422 e. The zero-order chi connectivity index (χ0) is 18.0. The van der Waals surface area contributed by atoms with Gasteiger partial charge in [0.2, 0.25) is 0 Å². The lowest BCUT2D eigenvalue weighted by Crippen LogP contribution is -2.56. The summed E-state index contributed by atoms with van der Waals surface area (Å²) in [6.07, 6.45) is 1.55. The van der Waals surface area contributed by atoms with E-state index in [2.05, 4.69) is 6.58 Å². The molecule has 1 fully saturated rings. The summed E-state index contributed by atoms with van der Waals surface area (Å²) in [6.45, 7) is 8.10. The Kier molecular flexibility index (Phi) is 4.92. The Bertz CT molecular complexity index is 640. The van der Waals surface area contributed by atoms with Crippen molar-refractivity contribution in [2.75, 3.05) is 0 Å². The van der Waals surface area contributed by atoms with Crippen molar-refractivity contribution >= 4 is 17.7 Å². The zero-order valence-corrected chi connectivity index (χ0v) is 14.2. The van der Waals surface area contributed by atoms with E-state index >= 15 is 0 Å². The molecule has 1 saturated heterocycles. The fraction of sp³-hybridized carbons (Fsp3) is 0.421. The molecule has 1 aliphatic rings. The molecule has 1 aromatic carbocycles. The summed E-state index contributed by atoms with van der Waals surface area (Å²) < 4.78 is 10.7. The number of carbonyl (C=O) groups is 3. The van der Waals surface area contributed by atoms with E-state index in [1.165, 1.54) is 26.8 Å². The number of hydrogen-bond acceptors (Lipinski definition) is 5. The Morgan fingerprint density at radius 3 is 2.17 bits per heavy atom. The lowest BCUT2D eigenvalue weighted by atomic mass is 9.67. The number of carbonyl (C=O) groups excluding carboxylic acids is 3. The van der Waals surface area contributed by atoms with Crippen LogP contribution in [-0.4, -0.2) is 23.5 Å². The zero-order valence-electron chi connectivity index (χ0n) is 14.2. The molecule has 5 nitrogen and oxygen atoms in total. The number of esters is 2. The molecule has 0 saturated carbocycles. The average Bonchev–Trinajstić information content (AvgIpc) is 2.49. The normalized spacial score (nSPS) is 19.8. The highest BCUT2D eigenvalue weighted by Gasteiger charge is 2.60. The number of benzene rings is 1. The molecule has 0 radical (unpaired) electrons. The van der Waals surface area contributed by atoms with Crippen LogP contribution in [0.5, 0.6) is 0 Å². The van der Waals surface area contributed by atoms with Crippen LogP contribution in [0.3, 0.4) is 0 Å². The number of cyclic esters (lactones) is 2. The van der Waals surface area contributed by atoms with Crippen molar-refractivity contribution < 1.29 is 23.9 Å². The molecule has 1 aliphatic heterocycles. The molecular formula is C19H22O5. The van der Waals surface area contributed by atoms with Crippen LogP contribution >= 0.6 is 0 Å². The molecule has 1 aromatic rings. The van der Waals surface area contributed by atoms with Gasteiger partial charge in [-0.1, -0.05) is 36.4 Å². The third kappa shape index (κ3) is 3.25. The van der Waals surface area contributed by atoms with Gasteiger partial charge in [-0.25, -0.2) is 0 Å². The molecule has 0 spiro atoms. The van der Waals surface area contributed by atoms with Crippen LogP contribution in [0.15, 0.2) is 43.0 Å². The summed E-state index contributed by atoms with van der Waals surface area (Å²) in [6, 6.07) is 9.01. The number of rotatable bonds is 6. The second-order valence-electron chi connectivity index (χ2n) is 6.51. The molecule has 0 aliphatic carbocycles. The Balaban J connectivity index is 2.60. The van der Waals surface area contributed by atoms with Gasteiger partial charge in [0.05, 0.1) is 0 Å². The molecule has 2 rings (SSSR count). The minimum Gasteiger partial charge on any atom is -0.422 e. The van der Waals surface area contributed by atoms with Crippen molar-refractivity contribution in [2.45, 2.75) is 45.3 Å². The minimum absolute atomic E-state index is 0.0302. The maximum absolute atomic E-state index is 12.8. The summed E-state index contributed by atoms with van der Waals surface area (Å²) in [5, 5.41) is 0. The summed E-state index contributed by atoms with van der Waals surface area (Å²) in [5.41, 5.74) is -0.896. The fourth-order valence-electron chi connectivity index (χ4n) is 3.10. The van der Waals surface area contributed by atoms with Gasteiger partial charge in [0, 0.05) is 26.2 Å². The monoisotopic (exact) mass is 330 g/mol. The lowest BCUT2D eigenvalue weighted by Gasteiger charge is -2.43. The van der Waals surface area contributed by atoms with Crippen LogP contribution in [0.1, 0.15) is 45.1 Å². The number of ether oxygens (including phenoxy) is 2. The van der Waals surface area contributed by atoms with Crippen LogP contribution in [0.4, 0.5) is 0 Å². The smallest absolute Gasteiger partial charge is 0.327 e. The minimum atomic E-state index is -1.61. The standard InChI is InChI=1S/C19H22O5/c1-5-11-19(16(21)23-18(3,4)24-17(19)22)15(12-13(2)20)14-9-7-6-8-10-14/h5-10,15H,1,11-12H2,2-4H3. The molecular weight excluding hydrogens is 308 g/mol. The molecule has 0 N–H and O–H groups in total. The molecule has 1 unspecified atom stereocenters. The molecule has 24 heavy (non-hydrogen) atoms. The predicted octanol–water partition coefficient (Wildman–Crippen LogP) is 3.15. The summed E-state index contributed by atoms with van der Waals surface area (Å²) in [7, 11) is 0. The van der Waals surface area contributed by atoms with Crippen molar-refractivity contribution in [1.29, 1.82) is 0 Å². The van der Waals surface area contributed by atoms with E-state index in [-0.39, 0.29) is 18.6 Å².